The summed E-state index contributed by atoms with van der Waals surface area (Å²) in [5.74, 6) is -0.218. The summed E-state index contributed by atoms with van der Waals surface area (Å²) in [5.41, 5.74) is 1.27. The second-order valence-electron chi connectivity index (χ2n) is 3.02. The minimum atomic E-state index is -0.218. The van der Waals surface area contributed by atoms with Crippen molar-refractivity contribution in [2.75, 3.05) is 14.2 Å². The van der Waals surface area contributed by atoms with Crippen LogP contribution < -0.4 is 0 Å². The lowest BCUT2D eigenvalue weighted by atomic mass is 10.1. The van der Waals surface area contributed by atoms with Crippen LogP contribution in [0.15, 0.2) is 16.6 Å². The number of rotatable bonds is 2. The van der Waals surface area contributed by atoms with Crippen LogP contribution in [0.25, 0.3) is 0 Å². The topological polar surface area (TPSA) is 29.5 Å². The van der Waals surface area contributed by atoms with E-state index in [1.165, 1.54) is 7.11 Å². The Labute approximate surface area is 102 Å². The molecule has 0 atom stereocenters. The quantitative estimate of drug-likeness (QED) is 0.784. The van der Waals surface area contributed by atoms with Crippen molar-refractivity contribution in [3.8, 4) is 0 Å². The number of benzene rings is 1. The summed E-state index contributed by atoms with van der Waals surface area (Å²) in [6, 6.07) is 3.45. The van der Waals surface area contributed by atoms with Gasteiger partial charge in [0.2, 0.25) is 0 Å². The van der Waals surface area contributed by atoms with Gasteiger partial charge in [-0.25, -0.2) is 5.06 Å². The van der Waals surface area contributed by atoms with Crippen molar-refractivity contribution in [2.24, 2.45) is 0 Å². The molecule has 3 nitrogen and oxygen atoms in total. The summed E-state index contributed by atoms with van der Waals surface area (Å²) < 4.78 is 0.776. The number of hydroxylamine groups is 2. The Balaban J connectivity index is 3.16. The van der Waals surface area contributed by atoms with Gasteiger partial charge in [0.05, 0.1) is 12.1 Å². The van der Waals surface area contributed by atoms with Crippen LogP contribution >= 0.6 is 27.5 Å². The Morgan fingerprint density at radius 2 is 2.13 bits per heavy atom. The lowest BCUT2D eigenvalue weighted by Gasteiger charge is -2.15. The van der Waals surface area contributed by atoms with E-state index in [1.54, 1.807) is 26.1 Å². The molecule has 0 bridgehead atoms. The number of carbonyl (C=O) groups is 1. The van der Waals surface area contributed by atoms with Gasteiger partial charge in [-0.05, 0) is 40.5 Å². The summed E-state index contributed by atoms with van der Waals surface area (Å²) >= 11 is 9.31. The average Bonchev–Trinajstić information content (AvgIpc) is 2.24. The molecule has 1 rings (SSSR count). The third-order valence-corrected chi connectivity index (χ3v) is 3.51. The first-order valence-electron chi connectivity index (χ1n) is 4.25. The van der Waals surface area contributed by atoms with Crippen LogP contribution in [0.3, 0.4) is 0 Å². The molecule has 0 N–H and O–H groups in total. The van der Waals surface area contributed by atoms with Gasteiger partial charge >= 0.3 is 0 Å². The highest BCUT2D eigenvalue weighted by Gasteiger charge is 2.16. The third kappa shape index (κ3) is 2.51. The van der Waals surface area contributed by atoms with E-state index in [0.29, 0.717) is 10.6 Å². The van der Waals surface area contributed by atoms with Gasteiger partial charge in [-0.1, -0.05) is 11.6 Å². The zero-order valence-corrected chi connectivity index (χ0v) is 11.0. The van der Waals surface area contributed by atoms with E-state index in [2.05, 4.69) is 15.9 Å². The van der Waals surface area contributed by atoms with E-state index in [4.69, 9.17) is 16.4 Å². The molecule has 0 unspecified atom stereocenters. The first-order valence-corrected chi connectivity index (χ1v) is 5.43. The van der Waals surface area contributed by atoms with Gasteiger partial charge in [0.15, 0.2) is 0 Å². The highest BCUT2D eigenvalue weighted by atomic mass is 79.9. The fourth-order valence-corrected chi connectivity index (χ4v) is 1.73. The smallest absolute Gasteiger partial charge is 0.274 e. The van der Waals surface area contributed by atoms with Crippen molar-refractivity contribution in [1.29, 1.82) is 0 Å². The molecule has 0 aliphatic carbocycles. The summed E-state index contributed by atoms with van der Waals surface area (Å²) in [6.07, 6.45) is 0. The van der Waals surface area contributed by atoms with E-state index in [0.717, 1.165) is 15.1 Å². The molecule has 82 valence electrons. The first-order chi connectivity index (χ1) is 6.99. The highest BCUT2D eigenvalue weighted by Crippen LogP contribution is 2.28. The predicted molar refractivity (Wildman–Crippen MR) is 63.0 cm³/mol. The Bertz CT molecular complexity index is 395. The van der Waals surface area contributed by atoms with Crippen LogP contribution in [-0.2, 0) is 4.84 Å². The van der Waals surface area contributed by atoms with Gasteiger partial charge in [-0.2, -0.15) is 0 Å². The molecular formula is C10H11BrClNO2. The average molecular weight is 293 g/mol. The second kappa shape index (κ2) is 4.96. The second-order valence-corrected chi connectivity index (χ2v) is 4.25. The summed E-state index contributed by atoms with van der Waals surface area (Å²) in [5, 5.41) is 1.71. The maximum absolute atomic E-state index is 11.8. The van der Waals surface area contributed by atoms with Crippen LogP contribution in [0.4, 0.5) is 0 Å². The summed E-state index contributed by atoms with van der Waals surface area (Å²) in [6.45, 7) is 1.80. The molecule has 5 heteroatoms. The molecule has 0 heterocycles. The van der Waals surface area contributed by atoms with Crippen LogP contribution in [0.1, 0.15) is 15.9 Å². The predicted octanol–water partition coefficient (Wildman–Crippen LogP) is 3.04. The summed E-state index contributed by atoms with van der Waals surface area (Å²) in [7, 11) is 2.99. The Kier molecular flexibility index (Phi) is 4.13. The van der Waals surface area contributed by atoms with Crippen LogP contribution in [-0.4, -0.2) is 25.1 Å². The molecule has 1 amide bonds. The van der Waals surface area contributed by atoms with Gasteiger partial charge in [-0.3, -0.25) is 9.63 Å². The van der Waals surface area contributed by atoms with Crippen molar-refractivity contribution in [3.05, 3.63) is 32.8 Å². The molecule has 1 aromatic rings. The molecule has 0 aromatic heterocycles. The van der Waals surface area contributed by atoms with Gasteiger partial charge in [-0.15, -0.1) is 0 Å². The lowest BCUT2D eigenvalue weighted by molar-refractivity contribution is -0.0757. The van der Waals surface area contributed by atoms with Crippen LogP contribution in [0.5, 0.6) is 0 Å². The number of hydrogen-bond donors (Lipinski definition) is 0. The van der Waals surface area contributed by atoms with Crippen LogP contribution in [0, 0.1) is 6.92 Å². The van der Waals surface area contributed by atoms with E-state index >= 15 is 0 Å². The Morgan fingerprint density at radius 1 is 1.53 bits per heavy atom. The van der Waals surface area contributed by atoms with Crippen molar-refractivity contribution >= 4 is 33.4 Å². The van der Waals surface area contributed by atoms with E-state index < -0.39 is 0 Å². The number of halogens is 2. The van der Waals surface area contributed by atoms with Crippen molar-refractivity contribution in [3.63, 3.8) is 0 Å². The number of hydrogen-bond acceptors (Lipinski definition) is 2. The monoisotopic (exact) mass is 291 g/mol. The van der Waals surface area contributed by atoms with Gasteiger partial charge in [0.25, 0.3) is 5.91 Å². The van der Waals surface area contributed by atoms with Gasteiger partial charge in [0, 0.05) is 17.1 Å². The normalized spacial score (nSPS) is 10.2. The van der Waals surface area contributed by atoms with E-state index in [9.17, 15) is 4.79 Å². The minimum absolute atomic E-state index is 0.218. The molecule has 0 saturated carbocycles. The molecule has 0 fully saturated rings. The first kappa shape index (κ1) is 12.5. The third-order valence-electron chi connectivity index (χ3n) is 2.13. The SMILES string of the molecule is CON(C)C(=O)c1ccc(Br)c(Cl)c1C. The molecule has 15 heavy (non-hydrogen) atoms. The molecule has 0 aliphatic rings. The molecule has 0 radical (unpaired) electrons. The number of carbonyl (C=O) groups excluding carboxylic acids is 1. The van der Waals surface area contributed by atoms with Crippen molar-refractivity contribution in [1.82, 2.24) is 5.06 Å². The fraction of sp³-hybridized carbons (Fsp3) is 0.300. The van der Waals surface area contributed by atoms with E-state index in [-0.39, 0.29) is 5.91 Å². The van der Waals surface area contributed by atoms with Gasteiger partial charge < -0.3 is 0 Å². The Hall–Kier alpha value is -0.580. The maximum atomic E-state index is 11.8. The largest absolute Gasteiger partial charge is 0.277 e. The number of nitrogens with zero attached hydrogens (tertiary/aromatic N) is 1. The molecule has 0 aliphatic heterocycles. The van der Waals surface area contributed by atoms with Gasteiger partial charge in [0.1, 0.15) is 0 Å². The maximum Gasteiger partial charge on any atom is 0.277 e. The van der Waals surface area contributed by atoms with Crippen molar-refractivity contribution in [2.45, 2.75) is 6.92 Å². The summed E-state index contributed by atoms with van der Waals surface area (Å²) in [4.78, 5) is 16.6. The van der Waals surface area contributed by atoms with Crippen LogP contribution in [0.2, 0.25) is 5.02 Å². The zero-order valence-electron chi connectivity index (χ0n) is 8.67. The molecule has 1 aromatic carbocycles. The number of amides is 1. The zero-order chi connectivity index (χ0) is 11.6. The molecule has 0 saturated heterocycles. The fourth-order valence-electron chi connectivity index (χ4n) is 1.14. The highest BCUT2D eigenvalue weighted by molar-refractivity contribution is 9.10. The van der Waals surface area contributed by atoms with Crippen molar-refractivity contribution < 1.29 is 9.63 Å². The minimum Gasteiger partial charge on any atom is -0.274 e. The van der Waals surface area contributed by atoms with E-state index in [1.807, 2.05) is 0 Å². The lowest BCUT2D eigenvalue weighted by Crippen LogP contribution is -2.26. The standard InChI is InChI=1S/C10H11BrClNO2/c1-6-7(10(14)13(2)15-3)4-5-8(11)9(6)12/h4-5H,1-3H3. The molecule has 0 spiro atoms. The molecular weight excluding hydrogens is 281 g/mol. The Morgan fingerprint density at radius 3 is 2.67 bits per heavy atom.